The minimum absolute atomic E-state index is 0.0905. The van der Waals surface area contributed by atoms with Crippen LogP contribution in [0.5, 0.6) is 0 Å². The maximum absolute atomic E-state index is 16.0. The van der Waals surface area contributed by atoms with E-state index in [0.29, 0.717) is 33.9 Å². The summed E-state index contributed by atoms with van der Waals surface area (Å²) in [6, 6.07) is 14.9. The van der Waals surface area contributed by atoms with Gasteiger partial charge in [-0.05, 0) is 57.5 Å². The Bertz CT molecular complexity index is 1690. The third-order valence-corrected chi connectivity index (χ3v) is 8.05. The molecule has 5 rings (SSSR count). The van der Waals surface area contributed by atoms with E-state index in [2.05, 4.69) is 4.98 Å². The molecule has 11 heteroatoms. The van der Waals surface area contributed by atoms with Crippen LogP contribution in [0, 0.1) is 12.7 Å². The van der Waals surface area contributed by atoms with E-state index in [4.69, 9.17) is 4.98 Å². The minimum Gasteiger partial charge on any atom is -0.393 e. The van der Waals surface area contributed by atoms with Crippen molar-refractivity contribution in [2.24, 2.45) is 0 Å². The standard InChI is InChI=1S/C31H30F4N4O3/c1-17(20-12-9-13-22(26(20)32)30(42,16-40)31(33,34)35)39(19-10-7-6-8-11-19)27-21-14-25-23(15-24(21)36-18(2)37-27)29(3,4)28(41)38(25)5/h6-15,17,40,42H,16H2,1-5H3. The molecule has 1 aliphatic heterocycles. The number of aliphatic hydroxyl groups is 2. The number of benzene rings is 3. The second kappa shape index (κ2) is 10.0. The zero-order chi connectivity index (χ0) is 30.8. The van der Waals surface area contributed by atoms with Crippen molar-refractivity contribution in [1.29, 1.82) is 0 Å². The number of nitrogens with zero attached hydrogens (tertiary/aromatic N) is 4. The fourth-order valence-corrected chi connectivity index (χ4v) is 5.64. The van der Waals surface area contributed by atoms with E-state index >= 15 is 4.39 Å². The smallest absolute Gasteiger partial charge is 0.393 e. The van der Waals surface area contributed by atoms with Crippen molar-refractivity contribution < 1.29 is 32.6 Å². The zero-order valence-electron chi connectivity index (χ0n) is 23.7. The molecule has 2 N–H and O–H groups in total. The lowest BCUT2D eigenvalue weighted by atomic mass is 9.85. The van der Waals surface area contributed by atoms with Gasteiger partial charge in [-0.25, -0.2) is 14.4 Å². The number of aryl methyl sites for hydroxylation is 1. The molecule has 7 nitrogen and oxygen atoms in total. The number of carbonyl (C=O) groups is 1. The highest BCUT2D eigenvalue weighted by molar-refractivity contribution is 6.10. The third-order valence-electron chi connectivity index (χ3n) is 8.05. The van der Waals surface area contributed by atoms with Crippen LogP contribution < -0.4 is 9.80 Å². The molecule has 0 saturated carbocycles. The van der Waals surface area contributed by atoms with Crippen LogP contribution in [0.1, 0.15) is 49.3 Å². The lowest BCUT2D eigenvalue weighted by molar-refractivity contribution is -0.278. The van der Waals surface area contributed by atoms with E-state index in [1.54, 1.807) is 67.1 Å². The molecule has 1 aliphatic rings. The van der Waals surface area contributed by atoms with Crippen LogP contribution in [0.15, 0.2) is 60.7 Å². The van der Waals surface area contributed by atoms with Gasteiger partial charge in [-0.1, -0.05) is 36.4 Å². The number of hydrogen-bond acceptors (Lipinski definition) is 6. The Labute approximate surface area is 240 Å². The van der Waals surface area contributed by atoms with E-state index in [-0.39, 0.29) is 11.5 Å². The molecular weight excluding hydrogens is 552 g/mol. The number of likely N-dealkylation sites (N-methyl/N-ethyl adjacent to an activating group) is 1. The van der Waals surface area contributed by atoms with E-state index < -0.39 is 41.2 Å². The third kappa shape index (κ3) is 4.38. The summed E-state index contributed by atoms with van der Waals surface area (Å²) in [6.07, 6.45) is -5.33. The first kappa shape index (κ1) is 29.4. The Kier molecular flexibility index (Phi) is 7.02. The molecule has 0 bridgehead atoms. The molecule has 2 atom stereocenters. The number of para-hydroxylation sites is 1. The molecule has 0 fully saturated rings. The van der Waals surface area contributed by atoms with Gasteiger partial charge in [0.2, 0.25) is 11.5 Å². The van der Waals surface area contributed by atoms with Crippen molar-refractivity contribution in [1.82, 2.24) is 9.97 Å². The Morgan fingerprint density at radius 2 is 1.71 bits per heavy atom. The Balaban J connectivity index is 1.76. The van der Waals surface area contributed by atoms with Crippen molar-refractivity contribution >= 4 is 34.0 Å². The normalized spacial score (nSPS) is 16.8. The first-order chi connectivity index (χ1) is 19.6. The first-order valence-electron chi connectivity index (χ1n) is 13.3. The van der Waals surface area contributed by atoms with Crippen LogP contribution in [-0.2, 0) is 15.8 Å². The van der Waals surface area contributed by atoms with Gasteiger partial charge < -0.3 is 20.0 Å². The monoisotopic (exact) mass is 582 g/mol. The molecule has 42 heavy (non-hydrogen) atoms. The molecule has 1 amide bonds. The van der Waals surface area contributed by atoms with Gasteiger partial charge >= 0.3 is 6.18 Å². The Morgan fingerprint density at radius 3 is 2.33 bits per heavy atom. The summed E-state index contributed by atoms with van der Waals surface area (Å²) < 4.78 is 57.4. The molecule has 3 aromatic carbocycles. The molecule has 2 unspecified atom stereocenters. The van der Waals surface area contributed by atoms with Crippen LogP contribution in [0.2, 0.25) is 0 Å². The van der Waals surface area contributed by atoms with E-state index in [9.17, 15) is 28.2 Å². The number of carbonyl (C=O) groups excluding carboxylic acids is 1. The van der Waals surface area contributed by atoms with E-state index in [1.165, 1.54) is 12.1 Å². The predicted molar refractivity (Wildman–Crippen MR) is 151 cm³/mol. The van der Waals surface area contributed by atoms with Crippen LogP contribution >= 0.6 is 0 Å². The van der Waals surface area contributed by atoms with Crippen molar-refractivity contribution in [2.75, 3.05) is 23.5 Å². The molecule has 1 aromatic heterocycles. The average Bonchev–Trinajstić information content (AvgIpc) is 3.11. The first-order valence-corrected chi connectivity index (χ1v) is 13.3. The molecule has 220 valence electrons. The summed E-state index contributed by atoms with van der Waals surface area (Å²) in [6.45, 7) is 5.22. The van der Waals surface area contributed by atoms with Gasteiger partial charge in [0, 0.05) is 34.9 Å². The number of hydrogen-bond donors (Lipinski definition) is 2. The van der Waals surface area contributed by atoms with Gasteiger partial charge in [-0.15, -0.1) is 0 Å². The summed E-state index contributed by atoms with van der Waals surface area (Å²) >= 11 is 0. The van der Waals surface area contributed by atoms with E-state index in [0.717, 1.165) is 11.6 Å². The fourth-order valence-electron chi connectivity index (χ4n) is 5.64. The van der Waals surface area contributed by atoms with Crippen molar-refractivity contribution in [2.45, 2.75) is 50.9 Å². The summed E-state index contributed by atoms with van der Waals surface area (Å²) in [5.41, 5.74) is -3.26. The molecule has 0 spiro atoms. The van der Waals surface area contributed by atoms with Crippen LogP contribution in [0.4, 0.5) is 34.8 Å². The number of anilines is 3. The van der Waals surface area contributed by atoms with Gasteiger partial charge in [-0.3, -0.25) is 4.79 Å². The molecular formula is C31H30F4N4O3. The van der Waals surface area contributed by atoms with Crippen molar-refractivity contribution in [3.05, 3.63) is 89.0 Å². The van der Waals surface area contributed by atoms with Crippen LogP contribution in [0.25, 0.3) is 10.9 Å². The zero-order valence-corrected chi connectivity index (χ0v) is 23.7. The SMILES string of the molecule is Cc1nc(N(c2ccccc2)C(C)c2cccc(C(O)(CO)C(F)(F)F)c2F)c2cc3c(cc2n1)C(C)(C)C(=O)N3C. The van der Waals surface area contributed by atoms with Crippen LogP contribution in [-0.4, -0.2) is 45.9 Å². The topological polar surface area (TPSA) is 89.8 Å². The predicted octanol–water partition coefficient (Wildman–Crippen LogP) is 5.97. The molecule has 0 aliphatic carbocycles. The van der Waals surface area contributed by atoms with Crippen molar-refractivity contribution in [3.63, 3.8) is 0 Å². The molecule has 4 aromatic rings. The highest BCUT2D eigenvalue weighted by Crippen LogP contribution is 2.46. The average molecular weight is 583 g/mol. The second-order valence-corrected chi connectivity index (χ2v) is 11.1. The number of fused-ring (bicyclic) bond motifs is 2. The summed E-state index contributed by atoms with van der Waals surface area (Å²) in [5, 5.41) is 20.4. The Hall–Kier alpha value is -4.09. The largest absolute Gasteiger partial charge is 0.423 e. The molecule has 2 heterocycles. The van der Waals surface area contributed by atoms with Gasteiger partial charge in [0.05, 0.1) is 23.6 Å². The number of alkyl halides is 3. The Morgan fingerprint density at radius 1 is 1.05 bits per heavy atom. The van der Waals surface area contributed by atoms with Gasteiger partial charge in [0.1, 0.15) is 17.5 Å². The lowest BCUT2D eigenvalue weighted by Crippen LogP contribution is -2.46. The van der Waals surface area contributed by atoms with Crippen molar-refractivity contribution in [3.8, 4) is 0 Å². The summed E-state index contributed by atoms with van der Waals surface area (Å²) in [4.78, 5) is 25.6. The summed E-state index contributed by atoms with van der Waals surface area (Å²) in [5.74, 6) is -0.653. The highest BCUT2D eigenvalue weighted by atomic mass is 19.4. The van der Waals surface area contributed by atoms with Gasteiger partial charge in [-0.2, -0.15) is 13.2 Å². The van der Waals surface area contributed by atoms with E-state index in [1.807, 2.05) is 19.9 Å². The summed E-state index contributed by atoms with van der Waals surface area (Å²) in [7, 11) is 1.68. The molecule has 0 radical (unpaired) electrons. The molecule has 0 saturated heterocycles. The van der Waals surface area contributed by atoms with Gasteiger partial charge in [0.15, 0.2) is 0 Å². The maximum Gasteiger partial charge on any atom is 0.423 e. The number of rotatable bonds is 6. The fraction of sp³-hybridized carbons (Fsp3) is 0.323. The minimum atomic E-state index is -5.33. The number of aliphatic hydroxyl groups excluding tert-OH is 1. The quantitative estimate of drug-likeness (QED) is 0.272. The number of amides is 1. The number of halogens is 4. The second-order valence-electron chi connectivity index (χ2n) is 11.1. The number of aromatic nitrogens is 2. The van der Waals surface area contributed by atoms with Gasteiger partial charge in [0.25, 0.3) is 0 Å². The maximum atomic E-state index is 16.0. The van der Waals surface area contributed by atoms with Crippen LogP contribution in [0.3, 0.4) is 0 Å². The lowest BCUT2D eigenvalue weighted by Gasteiger charge is -2.34. The highest BCUT2D eigenvalue weighted by Gasteiger charge is 2.56.